The fourth-order valence-corrected chi connectivity index (χ4v) is 1.61. The Morgan fingerprint density at radius 1 is 1.43 bits per heavy atom. The Morgan fingerprint density at radius 3 is 2.50 bits per heavy atom. The van der Waals surface area contributed by atoms with E-state index in [1.165, 1.54) is 10.2 Å². The second-order valence-corrected chi connectivity index (χ2v) is 4.99. The Hall–Kier alpha value is -0.550. The maximum Gasteiger partial charge on any atom is 0.301 e. The van der Waals surface area contributed by atoms with Crippen LogP contribution in [0.2, 0.25) is 0 Å². The molecule has 0 atom stereocenters. The Balaban J connectivity index is 0.00000169. The number of nitrogens with zero attached hydrogens (tertiary/aromatic N) is 2. The highest BCUT2D eigenvalue weighted by molar-refractivity contribution is 7.89. The number of rotatable bonds is 4. The predicted molar refractivity (Wildman–Crippen MR) is 49.8 cm³/mol. The monoisotopic (exact) mass is 238 g/mol. The third kappa shape index (κ3) is 3.67. The lowest BCUT2D eigenvalue weighted by Crippen LogP contribution is -3.00. The zero-order chi connectivity index (χ0) is 9.90. The molecule has 14 heavy (non-hydrogen) atoms. The highest BCUT2D eigenvalue weighted by Gasteiger charge is 2.12. The fraction of sp³-hybridized carbons (Fsp3) is 0.625. The number of halogens is 1. The van der Waals surface area contributed by atoms with E-state index in [0.717, 1.165) is 19.4 Å². The molecule has 0 aromatic carbocycles. The molecule has 82 valence electrons. The zero-order valence-electron chi connectivity index (χ0n) is 8.35. The van der Waals surface area contributed by atoms with Gasteiger partial charge in [-0.05, 0) is 6.42 Å². The Kier molecular flexibility index (Phi) is 5.15. The van der Waals surface area contributed by atoms with Gasteiger partial charge in [-0.2, -0.15) is 8.42 Å². The van der Waals surface area contributed by atoms with Crippen LogP contribution in [-0.2, 0) is 16.6 Å². The van der Waals surface area contributed by atoms with Gasteiger partial charge in [0.15, 0.2) is 0 Å². The van der Waals surface area contributed by atoms with Gasteiger partial charge in [0.2, 0.25) is 0 Å². The van der Waals surface area contributed by atoms with Crippen molar-refractivity contribution in [1.29, 1.82) is 0 Å². The molecule has 0 aliphatic heterocycles. The maximum atomic E-state index is 11.1. The van der Waals surface area contributed by atoms with Crippen molar-refractivity contribution in [2.75, 3.05) is 6.26 Å². The molecule has 0 aliphatic carbocycles. The van der Waals surface area contributed by atoms with Crippen molar-refractivity contribution in [3.8, 4) is 0 Å². The van der Waals surface area contributed by atoms with E-state index in [4.69, 9.17) is 0 Å². The summed E-state index contributed by atoms with van der Waals surface area (Å²) in [5.74, 6) is 0. The first-order valence-electron chi connectivity index (χ1n) is 4.31. The van der Waals surface area contributed by atoms with Gasteiger partial charge in [0, 0.05) is 0 Å². The summed E-state index contributed by atoms with van der Waals surface area (Å²) in [4.78, 5) is 0. The summed E-state index contributed by atoms with van der Waals surface area (Å²) >= 11 is 0. The quantitative estimate of drug-likeness (QED) is 0.540. The van der Waals surface area contributed by atoms with Crippen LogP contribution in [0.5, 0.6) is 0 Å². The lowest BCUT2D eigenvalue weighted by atomic mass is 10.3. The summed E-state index contributed by atoms with van der Waals surface area (Å²) in [7, 11) is -3.11. The Morgan fingerprint density at radius 2 is 2.07 bits per heavy atom. The SMILES string of the molecule is CCCC[n+]1ccn(S(C)(=O)=O)c1.[Cl-]. The molecule has 1 heterocycles. The summed E-state index contributed by atoms with van der Waals surface area (Å²) < 4.78 is 25.2. The van der Waals surface area contributed by atoms with E-state index in [1.807, 2.05) is 4.57 Å². The smallest absolute Gasteiger partial charge is 0.301 e. The Labute approximate surface area is 91.0 Å². The topological polar surface area (TPSA) is 43.0 Å². The summed E-state index contributed by atoms with van der Waals surface area (Å²) in [6.45, 7) is 2.98. The van der Waals surface area contributed by atoms with Crippen molar-refractivity contribution in [2.45, 2.75) is 26.3 Å². The molecule has 0 unspecified atom stereocenters. The van der Waals surface area contributed by atoms with Crippen LogP contribution in [-0.4, -0.2) is 18.6 Å². The van der Waals surface area contributed by atoms with Crippen molar-refractivity contribution in [3.63, 3.8) is 0 Å². The van der Waals surface area contributed by atoms with Crippen LogP contribution in [0.15, 0.2) is 18.7 Å². The summed E-state index contributed by atoms with van der Waals surface area (Å²) in [6, 6.07) is 0. The summed E-state index contributed by atoms with van der Waals surface area (Å²) in [5, 5.41) is 0. The molecule has 0 N–H and O–H groups in total. The molecule has 4 nitrogen and oxygen atoms in total. The predicted octanol–water partition coefficient (Wildman–Crippen LogP) is -2.61. The molecule has 0 saturated heterocycles. The lowest BCUT2D eigenvalue weighted by molar-refractivity contribution is -0.696. The van der Waals surface area contributed by atoms with Gasteiger partial charge in [-0.15, -0.1) is 3.97 Å². The van der Waals surface area contributed by atoms with Gasteiger partial charge in [0.25, 0.3) is 6.33 Å². The fourth-order valence-electron chi connectivity index (χ4n) is 1.04. The van der Waals surface area contributed by atoms with Gasteiger partial charge in [0.05, 0.1) is 12.8 Å². The highest BCUT2D eigenvalue weighted by atomic mass is 35.5. The minimum atomic E-state index is -3.11. The van der Waals surface area contributed by atoms with E-state index in [2.05, 4.69) is 6.92 Å². The largest absolute Gasteiger partial charge is 1.00 e. The number of aryl methyl sites for hydroxylation is 1. The molecule has 1 rings (SSSR count). The number of hydrogen-bond acceptors (Lipinski definition) is 2. The van der Waals surface area contributed by atoms with E-state index < -0.39 is 10.0 Å². The molecular weight excluding hydrogens is 224 g/mol. The van der Waals surface area contributed by atoms with E-state index in [9.17, 15) is 8.42 Å². The molecule has 0 amide bonds. The minimum absolute atomic E-state index is 0. The van der Waals surface area contributed by atoms with Crippen molar-refractivity contribution < 1.29 is 25.4 Å². The first-order valence-corrected chi connectivity index (χ1v) is 6.16. The van der Waals surface area contributed by atoms with Crippen molar-refractivity contribution in [2.24, 2.45) is 0 Å². The molecule has 0 bridgehead atoms. The van der Waals surface area contributed by atoms with E-state index in [0.29, 0.717) is 0 Å². The van der Waals surface area contributed by atoms with Crippen molar-refractivity contribution >= 4 is 10.0 Å². The highest BCUT2D eigenvalue weighted by Crippen LogP contribution is 1.92. The average molecular weight is 239 g/mol. The van der Waals surface area contributed by atoms with Crippen LogP contribution in [0.3, 0.4) is 0 Å². The zero-order valence-corrected chi connectivity index (χ0v) is 9.92. The van der Waals surface area contributed by atoms with Gasteiger partial charge in [-0.25, -0.2) is 4.57 Å². The second-order valence-electron chi connectivity index (χ2n) is 3.10. The van der Waals surface area contributed by atoms with E-state index in [-0.39, 0.29) is 12.4 Å². The van der Waals surface area contributed by atoms with Crippen molar-refractivity contribution in [1.82, 2.24) is 3.97 Å². The molecule has 0 fully saturated rings. The lowest BCUT2D eigenvalue weighted by Gasteiger charge is -1.92. The average Bonchev–Trinajstić information content (AvgIpc) is 2.47. The van der Waals surface area contributed by atoms with Crippen LogP contribution in [0, 0.1) is 0 Å². The number of hydrogen-bond donors (Lipinski definition) is 0. The van der Waals surface area contributed by atoms with Gasteiger partial charge >= 0.3 is 10.0 Å². The third-order valence-electron chi connectivity index (χ3n) is 1.82. The van der Waals surface area contributed by atoms with Crippen LogP contribution >= 0.6 is 0 Å². The number of imidazole rings is 1. The maximum absolute atomic E-state index is 11.1. The van der Waals surface area contributed by atoms with Crippen LogP contribution in [0.4, 0.5) is 0 Å². The first-order chi connectivity index (χ1) is 6.04. The molecular formula is C8H15ClN2O2S. The standard InChI is InChI=1S/C8H15N2O2S.ClH/c1-3-4-5-9-6-7-10(8-9)13(2,11)12;/h6-8H,3-5H2,1-2H3;1H/q+1;/p-1. The third-order valence-corrected chi connectivity index (χ3v) is 2.80. The van der Waals surface area contributed by atoms with Crippen LogP contribution in [0.1, 0.15) is 19.8 Å². The van der Waals surface area contributed by atoms with E-state index in [1.54, 1.807) is 18.7 Å². The van der Waals surface area contributed by atoms with Gasteiger partial charge in [-0.1, -0.05) is 13.3 Å². The summed E-state index contributed by atoms with van der Waals surface area (Å²) in [6.07, 6.45) is 8.30. The number of unbranched alkanes of at least 4 members (excludes halogenated alkanes) is 1. The molecule has 1 aromatic rings. The number of aromatic nitrogens is 2. The van der Waals surface area contributed by atoms with Crippen LogP contribution in [0.25, 0.3) is 0 Å². The van der Waals surface area contributed by atoms with Crippen LogP contribution < -0.4 is 17.0 Å². The molecule has 0 spiro atoms. The molecule has 0 saturated carbocycles. The van der Waals surface area contributed by atoms with E-state index >= 15 is 0 Å². The molecule has 0 radical (unpaired) electrons. The van der Waals surface area contributed by atoms with Gasteiger partial charge in [0.1, 0.15) is 12.4 Å². The molecule has 6 heteroatoms. The first kappa shape index (κ1) is 13.4. The molecule has 1 aromatic heterocycles. The van der Waals surface area contributed by atoms with Gasteiger partial charge in [-0.3, -0.25) is 0 Å². The molecule has 0 aliphatic rings. The minimum Gasteiger partial charge on any atom is -1.00 e. The normalized spacial score (nSPS) is 11.0. The summed E-state index contributed by atoms with van der Waals surface area (Å²) in [5.41, 5.74) is 0. The van der Waals surface area contributed by atoms with Crippen molar-refractivity contribution in [3.05, 3.63) is 18.7 Å². The Bertz CT molecular complexity index is 372. The van der Waals surface area contributed by atoms with Gasteiger partial charge < -0.3 is 12.4 Å². The second kappa shape index (κ2) is 5.36.